The van der Waals surface area contributed by atoms with Crippen LogP contribution in [0.1, 0.15) is 42.5 Å². The number of anilines is 2. The van der Waals surface area contributed by atoms with E-state index in [-0.39, 0.29) is 5.91 Å². The molecule has 2 fully saturated rings. The van der Waals surface area contributed by atoms with Crippen LogP contribution < -0.4 is 15.1 Å². The van der Waals surface area contributed by atoms with Gasteiger partial charge in [-0.05, 0) is 43.2 Å². The van der Waals surface area contributed by atoms with Crippen molar-refractivity contribution in [3.05, 3.63) is 53.2 Å². The zero-order chi connectivity index (χ0) is 19.3. The monoisotopic (exact) mass is 398 g/mol. The lowest BCUT2D eigenvalue weighted by atomic mass is 9.95. The molecular formula is C22H27ClN4O. The van der Waals surface area contributed by atoms with Gasteiger partial charge < -0.3 is 15.1 Å². The van der Waals surface area contributed by atoms with Gasteiger partial charge in [0, 0.05) is 54.7 Å². The van der Waals surface area contributed by atoms with Crippen LogP contribution in [0.25, 0.3) is 0 Å². The summed E-state index contributed by atoms with van der Waals surface area (Å²) in [5.41, 5.74) is 1.86. The number of aromatic nitrogens is 1. The van der Waals surface area contributed by atoms with Crippen molar-refractivity contribution in [3.63, 3.8) is 0 Å². The predicted octanol–water partition coefficient (Wildman–Crippen LogP) is 4.12. The van der Waals surface area contributed by atoms with Crippen molar-refractivity contribution in [1.29, 1.82) is 0 Å². The summed E-state index contributed by atoms with van der Waals surface area (Å²) >= 11 is 6.12. The first kappa shape index (κ1) is 19.1. The molecule has 0 atom stereocenters. The standard InChI is InChI=1S/C22H27ClN4O/c23-18-5-4-8-20(16-18)26-11-13-27(14-12-26)21-15-17(9-10-24-21)22(28)25-19-6-2-1-3-7-19/h4-5,8-10,15-16,19H,1-3,6-7,11-14H2,(H,25,28). The third kappa shape index (κ3) is 4.58. The van der Waals surface area contributed by atoms with Crippen LogP contribution in [-0.4, -0.2) is 43.1 Å². The van der Waals surface area contributed by atoms with Crippen molar-refractivity contribution >= 4 is 29.0 Å². The second kappa shape index (κ2) is 8.82. The number of halogens is 1. The van der Waals surface area contributed by atoms with Gasteiger partial charge in [0.1, 0.15) is 5.82 Å². The normalized spacial score (nSPS) is 18.2. The van der Waals surface area contributed by atoms with Gasteiger partial charge in [-0.2, -0.15) is 0 Å². The quantitative estimate of drug-likeness (QED) is 0.841. The number of hydrogen-bond acceptors (Lipinski definition) is 4. The minimum atomic E-state index is 0.0214. The molecule has 1 saturated carbocycles. The van der Waals surface area contributed by atoms with Crippen LogP contribution in [-0.2, 0) is 0 Å². The maximum Gasteiger partial charge on any atom is 0.251 e. The Bertz CT molecular complexity index is 814. The van der Waals surface area contributed by atoms with Crippen LogP contribution in [0.3, 0.4) is 0 Å². The lowest BCUT2D eigenvalue weighted by molar-refractivity contribution is 0.0927. The van der Waals surface area contributed by atoms with Crippen LogP contribution in [0.4, 0.5) is 11.5 Å². The molecule has 0 radical (unpaired) electrons. The number of benzene rings is 1. The van der Waals surface area contributed by atoms with Gasteiger partial charge in [0.05, 0.1) is 0 Å². The largest absolute Gasteiger partial charge is 0.368 e. The maximum absolute atomic E-state index is 12.6. The van der Waals surface area contributed by atoms with Crippen molar-refractivity contribution in [2.75, 3.05) is 36.0 Å². The Kier molecular flexibility index (Phi) is 6.01. The van der Waals surface area contributed by atoms with Gasteiger partial charge in [-0.3, -0.25) is 4.79 Å². The number of nitrogens with one attached hydrogen (secondary N) is 1. The van der Waals surface area contributed by atoms with Crippen LogP contribution in [0.2, 0.25) is 5.02 Å². The van der Waals surface area contributed by atoms with Gasteiger partial charge in [-0.1, -0.05) is 36.9 Å². The van der Waals surface area contributed by atoms with Gasteiger partial charge in [-0.25, -0.2) is 4.98 Å². The van der Waals surface area contributed by atoms with Gasteiger partial charge >= 0.3 is 0 Å². The third-order valence-electron chi connectivity index (χ3n) is 5.73. The molecule has 0 unspecified atom stereocenters. The van der Waals surface area contributed by atoms with Crippen molar-refractivity contribution in [2.45, 2.75) is 38.1 Å². The fourth-order valence-electron chi connectivity index (χ4n) is 4.11. The molecule has 2 heterocycles. The highest BCUT2D eigenvalue weighted by atomic mass is 35.5. The Morgan fingerprint density at radius 2 is 1.75 bits per heavy atom. The Balaban J connectivity index is 1.37. The molecule has 1 aliphatic carbocycles. The number of nitrogens with zero attached hydrogens (tertiary/aromatic N) is 3. The summed E-state index contributed by atoms with van der Waals surface area (Å²) in [6.07, 6.45) is 7.64. The average Bonchev–Trinajstić information content (AvgIpc) is 2.75. The Morgan fingerprint density at radius 3 is 2.50 bits per heavy atom. The van der Waals surface area contributed by atoms with Crippen LogP contribution in [0.5, 0.6) is 0 Å². The van der Waals surface area contributed by atoms with Crippen LogP contribution in [0, 0.1) is 0 Å². The molecule has 2 aromatic rings. The molecule has 1 aromatic heterocycles. The van der Waals surface area contributed by atoms with E-state index < -0.39 is 0 Å². The highest BCUT2D eigenvalue weighted by Crippen LogP contribution is 2.23. The zero-order valence-electron chi connectivity index (χ0n) is 16.1. The van der Waals surface area contributed by atoms with E-state index in [9.17, 15) is 4.79 Å². The van der Waals surface area contributed by atoms with E-state index in [1.165, 1.54) is 19.3 Å². The maximum atomic E-state index is 12.6. The second-order valence-corrected chi connectivity index (χ2v) is 8.10. The molecule has 4 rings (SSSR count). The summed E-state index contributed by atoms with van der Waals surface area (Å²) in [4.78, 5) is 21.7. The molecule has 1 N–H and O–H groups in total. The molecule has 28 heavy (non-hydrogen) atoms. The summed E-state index contributed by atoms with van der Waals surface area (Å²) < 4.78 is 0. The van der Waals surface area contributed by atoms with E-state index >= 15 is 0 Å². The first-order valence-corrected chi connectivity index (χ1v) is 10.6. The van der Waals surface area contributed by atoms with Crippen molar-refractivity contribution in [1.82, 2.24) is 10.3 Å². The molecule has 1 aromatic carbocycles. The molecule has 1 aliphatic heterocycles. The lowest BCUT2D eigenvalue weighted by Crippen LogP contribution is -2.47. The SMILES string of the molecule is O=C(NC1CCCCC1)c1ccnc(N2CCN(c3cccc(Cl)c3)CC2)c1. The Hall–Kier alpha value is -2.27. The van der Waals surface area contributed by atoms with E-state index in [1.54, 1.807) is 6.20 Å². The smallest absolute Gasteiger partial charge is 0.251 e. The fourth-order valence-corrected chi connectivity index (χ4v) is 4.30. The van der Waals surface area contributed by atoms with Gasteiger partial charge in [0.15, 0.2) is 0 Å². The number of piperazine rings is 1. The molecule has 1 saturated heterocycles. The van der Waals surface area contributed by atoms with E-state index in [1.807, 2.05) is 30.3 Å². The molecule has 6 heteroatoms. The molecular weight excluding hydrogens is 372 g/mol. The Labute approximate surface area is 171 Å². The van der Waals surface area contributed by atoms with E-state index in [0.29, 0.717) is 11.6 Å². The molecule has 0 bridgehead atoms. The fraction of sp³-hybridized carbons (Fsp3) is 0.455. The van der Waals surface area contributed by atoms with Crippen molar-refractivity contribution in [3.8, 4) is 0 Å². The molecule has 148 valence electrons. The van der Waals surface area contributed by atoms with Crippen molar-refractivity contribution in [2.24, 2.45) is 0 Å². The number of carbonyl (C=O) groups excluding carboxylic acids is 1. The minimum absolute atomic E-state index is 0.0214. The molecule has 0 spiro atoms. The number of hydrogen-bond donors (Lipinski definition) is 1. The molecule has 2 aliphatic rings. The lowest BCUT2D eigenvalue weighted by Gasteiger charge is -2.36. The highest BCUT2D eigenvalue weighted by molar-refractivity contribution is 6.30. The summed E-state index contributed by atoms with van der Waals surface area (Å²) in [7, 11) is 0. The van der Waals surface area contributed by atoms with Gasteiger partial charge in [0.2, 0.25) is 0 Å². The van der Waals surface area contributed by atoms with Gasteiger partial charge in [-0.15, -0.1) is 0 Å². The summed E-state index contributed by atoms with van der Waals surface area (Å²) in [6.45, 7) is 3.54. The minimum Gasteiger partial charge on any atom is -0.368 e. The second-order valence-electron chi connectivity index (χ2n) is 7.67. The average molecular weight is 399 g/mol. The summed E-state index contributed by atoms with van der Waals surface area (Å²) in [5.74, 6) is 0.898. The van der Waals surface area contributed by atoms with Gasteiger partial charge in [0.25, 0.3) is 5.91 Å². The predicted molar refractivity (Wildman–Crippen MR) is 114 cm³/mol. The van der Waals surface area contributed by atoms with E-state index in [0.717, 1.165) is 55.5 Å². The number of carbonyl (C=O) groups is 1. The zero-order valence-corrected chi connectivity index (χ0v) is 16.9. The number of amides is 1. The third-order valence-corrected chi connectivity index (χ3v) is 5.96. The van der Waals surface area contributed by atoms with E-state index in [4.69, 9.17) is 11.6 Å². The Morgan fingerprint density at radius 1 is 1.00 bits per heavy atom. The molecule has 1 amide bonds. The molecule has 5 nitrogen and oxygen atoms in total. The summed E-state index contributed by atoms with van der Waals surface area (Å²) in [6, 6.07) is 12.0. The van der Waals surface area contributed by atoms with E-state index in [2.05, 4.69) is 26.2 Å². The van der Waals surface area contributed by atoms with Crippen LogP contribution >= 0.6 is 11.6 Å². The first-order chi connectivity index (χ1) is 13.7. The van der Waals surface area contributed by atoms with Crippen LogP contribution in [0.15, 0.2) is 42.6 Å². The topological polar surface area (TPSA) is 48.5 Å². The van der Waals surface area contributed by atoms with Crippen molar-refractivity contribution < 1.29 is 4.79 Å². The highest BCUT2D eigenvalue weighted by Gasteiger charge is 2.21. The number of rotatable bonds is 4. The summed E-state index contributed by atoms with van der Waals surface area (Å²) in [5, 5.41) is 3.96. The first-order valence-electron chi connectivity index (χ1n) is 10.2. The number of pyridine rings is 1.